The van der Waals surface area contributed by atoms with Gasteiger partial charge in [0.1, 0.15) is 9.88 Å². The molecule has 0 radical (unpaired) electrons. The minimum atomic E-state index is -0.398. The Morgan fingerprint density at radius 3 is 3.00 bits per heavy atom. The normalized spacial score (nSPS) is 17.5. The number of benzene rings is 1. The Morgan fingerprint density at radius 2 is 2.32 bits per heavy atom. The second-order valence-corrected chi connectivity index (χ2v) is 6.17. The van der Waals surface area contributed by atoms with Crippen molar-refractivity contribution >= 4 is 28.8 Å². The van der Waals surface area contributed by atoms with Crippen molar-refractivity contribution in [2.24, 2.45) is 5.73 Å². The fraction of sp³-hybridized carbons (Fsp3) is 0.286. The van der Waals surface area contributed by atoms with Gasteiger partial charge in [0.15, 0.2) is 0 Å². The first kappa shape index (κ1) is 12.6. The zero-order chi connectivity index (χ0) is 13.6. The number of hydrogen-bond donors (Lipinski definition) is 1. The highest BCUT2D eigenvalue weighted by Crippen LogP contribution is 2.42. The van der Waals surface area contributed by atoms with Crippen LogP contribution in [0.5, 0.6) is 0 Å². The van der Waals surface area contributed by atoms with Crippen molar-refractivity contribution in [3.63, 3.8) is 0 Å². The van der Waals surface area contributed by atoms with Crippen LogP contribution in [0.25, 0.3) is 0 Å². The van der Waals surface area contributed by atoms with Gasteiger partial charge in [-0.2, -0.15) is 0 Å². The lowest BCUT2D eigenvalue weighted by molar-refractivity contribution is 0.100. The molecule has 1 amide bonds. The van der Waals surface area contributed by atoms with E-state index in [1.807, 2.05) is 19.1 Å². The molecule has 0 spiro atoms. The fourth-order valence-corrected chi connectivity index (χ4v) is 4.01. The molecule has 19 heavy (non-hydrogen) atoms. The summed E-state index contributed by atoms with van der Waals surface area (Å²) in [5, 5.41) is 1.79. The Morgan fingerprint density at radius 1 is 1.53 bits per heavy atom. The van der Waals surface area contributed by atoms with Gasteiger partial charge in [0.05, 0.1) is 5.69 Å². The summed E-state index contributed by atoms with van der Waals surface area (Å²) in [5.41, 5.74) is 8.53. The fourth-order valence-electron chi connectivity index (χ4n) is 2.66. The Hall–Kier alpha value is -1.39. The number of aromatic nitrogens is 1. The van der Waals surface area contributed by atoms with Crippen LogP contribution >= 0.6 is 22.9 Å². The van der Waals surface area contributed by atoms with Crippen LogP contribution < -0.4 is 5.73 Å². The van der Waals surface area contributed by atoms with Crippen molar-refractivity contribution in [3.05, 3.63) is 49.9 Å². The minimum Gasteiger partial charge on any atom is -0.365 e. The highest BCUT2D eigenvalue weighted by Gasteiger charge is 2.29. The molecule has 0 saturated heterocycles. The van der Waals surface area contributed by atoms with Crippen LogP contribution in [0.2, 0.25) is 5.02 Å². The number of aryl methyl sites for hydroxylation is 1. The molecule has 0 fully saturated rings. The molecule has 3 nitrogen and oxygen atoms in total. The third kappa shape index (κ3) is 2.05. The molecule has 1 aromatic carbocycles. The van der Waals surface area contributed by atoms with Crippen molar-refractivity contribution in [2.45, 2.75) is 25.7 Å². The van der Waals surface area contributed by atoms with Gasteiger partial charge in [-0.25, -0.2) is 4.98 Å². The molecular weight excluding hydrogens is 280 g/mol. The van der Waals surface area contributed by atoms with Crippen molar-refractivity contribution in [2.75, 3.05) is 0 Å². The Balaban J connectivity index is 2.05. The van der Waals surface area contributed by atoms with Crippen LogP contribution in [-0.4, -0.2) is 10.9 Å². The summed E-state index contributed by atoms with van der Waals surface area (Å²) in [6.07, 6.45) is 1.95. The molecule has 0 saturated carbocycles. The van der Waals surface area contributed by atoms with E-state index in [2.05, 4.69) is 11.1 Å². The molecule has 0 aliphatic heterocycles. The van der Waals surface area contributed by atoms with E-state index in [-0.39, 0.29) is 5.92 Å². The predicted octanol–water partition coefficient (Wildman–Crippen LogP) is 3.28. The van der Waals surface area contributed by atoms with Crippen molar-refractivity contribution in [1.82, 2.24) is 4.98 Å². The Kier molecular flexibility index (Phi) is 3.07. The molecular formula is C14H13ClN2OS. The number of nitrogens with two attached hydrogens (primary N) is 1. The van der Waals surface area contributed by atoms with Crippen molar-refractivity contribution in [1.29, 1.82) is 0 Å². The van der Waals surface area contributed by atoms with Crippen LogP contribution in [-0.2, 0) is 6.42 Å². The molecule has 1 aromatic heterocycles. The maximum Gasteiger partial charge on any atom is 0.260 e. The van der Waals surface area contributed by atoms with Gasteiger partial charge >= 0.3 is 0 Å². The van der Waals surface area contributed by atoms with Gasteiger partial charge in [0.2, 0.25) is 0 Å². The van der Waals surface area contributed by atoms with E-state index < -0.39 is 5.91 Å². The predicted molar refractivity (Wildman–Crippen MR) is 77.0 cm³/mol. The maximum absolute atomic E-state index is 11.3. The number of halogens is 1. The SMILES string of the molecule is Cc1nc([C@@H]2CCc3c(Cl)cccc32)sc1C(N)=O. The first-order chi connectivity index (χ1) is 9.08. The summed E-state index contributed by atoms with van der Waals surface area (Å²) >= 11 is 7.62. The lowest BCUT2D eigenvalue weighted by Crippen LogP contribution is -2.09. The molecule has 1 atom stereocenters. The second-order valence-electron chi connectivity index (χ2n) is 4.73. The first-order valence-electron chi connectivity index (χ1n) is 6.12. The summed E-state index contributed by atoms with van der Waals surface area (Å²) in [7, 11) is 0. The second kappa shape index (κ2) is 4.62. The quantitative estimate of drug-likeness (QED) is 0.923. The van der Waals surface area contributed by atoms with Gasteiger partial charge in [-0.15, -0.1) is 11.3 Å². The lowest BCUT2D eigenvalue weighted by Gasteiger charge is -2.08. The molecule has 1 aliphatic carbocycles. The molecule has 2 aromatic rings. The van der Waals surface area contributed by atoms with Gasteiger partial charge < -0.3 is 5.73 Å². The van der Waals surface area contributed by atoms with E-state index in [9.17, 15) is 4.79 Å². The van der Waals surface area contributed by atoms with Crippen molar-refractivity contribution in [3.8, 4) is 0 Å². The maximum atomic E-state index is 11.3. The number of carbonyl (C=O) groups is 1. The highest BCUT2D eigenvalue weighted by atomic mass is 35.5. The molecule has 2 N–H and O–H groups in total. The van der Waals surface area contributed by atoms with E-state index in [1.54, 1.807) is 0 Å². The van der Waals surface area contributed by atoms with E-state index in [0.717, 1.165) is 28.6 Å². The van der Waals surface area contributed by atoms with Crippen LogP contribution in [0.1, 0.15) is 43.8 Å². The standard InChI is InChI=1S/C14H13ClN2OS/c1-7-12(13(16)18)19-14(17-7)10-6-5-9-8(10)3-2-4-11(9)15/h2-4,10H,5-6H2,1H3,(H2,16,18)/t10-/m1/s1. The molecule has 3 rings (SSSR count). The van der Waals surface area contributed by atoms with Crippen LogP contribution in [0.4, 0.5) is 0 Å². The average molecular weight is 293 g/mol. The third-order valence-corrected chi connectivity index (χ3v) is 5.19. The Bertz CT molecular complexity index is 665. The number of nitrogens with zero attached hydrogens (tertiary/aromatic N) is 1. The number of fused-ring (bicyclic) bond motifs is 1. The van der Waals surface area contributed by atoms with Gasteiger partial charge in [-0.3, -0.25) is 4.79 Å². The third-order valence-electron chi connectivity index (χ3n) is 3.55. The monoisotopic (exact) mass is 292 g/mol. The van der Waals surface area contributed by atoms with E-state index in [1.165, 1.54) is 22.5 Å². The molecule has 0 unspecified atom stereocenters. The molecule has 98 valence electrons. The number of rotatable bonds is 2. The zero-order valence-electron chi connectivity index (χ0n) is 10.4. The highest BCUT2D eigenvalue weighted by molar-refractivity contribution is 7.13. The van der Waals surface area contributed by atoms with Crippen molar-refractivity contribution < 1.29 is 4.79 Å². The topological polar surface area (TPSA) is 56.0 Å². The Labute approximate surface area is 120 Å². The summed E-state index contributed by atoms with van der Waals surface area (Å²) in [6, 6.07) is 5.99. The smallest absolute Gasteiger partial charge is 0.260 e. The van der Waals surface area contributed by atoms with Gasteiger partial charge in [-0.05, 0) is 37.0 Å². The van der Waals surface area contributed by atoms with Crippen LogP contribution in [0.15, 0.2) is 18.2 Å². The molecule has 1 aliphatic rings. The summed E-state index contributed by atoms with van der Waals surface area (Å²) in [4.78, 5) is 16.4. The number of amides is 1. The molecule has 1 heterocycles. The molecule has 5 heteroatoms. The number of carbonyl (C=O) groups excluding carboxylic acids is 1. The number of thiazole rings is 1. The number of hydrogen-bond acceptors (Lipinski definition) is 3. The lowest BCUT2D eigenvalue weighted by atomic mass is 10.0. The average Bonchev–Trinajstić information content (AvgIpc) is 2.93. The van der Waals surface area contributed by atoms with E-state index in [4.69, 9.17) is 17.3 Å². The van der Waals surface area contributed by atoms with Gasteiger partial charge in [0, 0.05) is 10.9 Å². The van der Waals surface area contributed by atoms with Gasteiger partial charge in [0.25, 0.3) is 5.91 Å². The summed E-state index contributed by atoms with van der Waals surface area (Å²) < 4.78 is 0. The van der Waals surface area contributed by atoms with Crippen LogP contribution in [0, 0.1) is 6.92 Å². The van der Waals surface area contributed by atoms with E-state index in [0.29, 0.717) is 4.88 Å². The largest absolute Gasteiger partial charge is 0.365 e. The molecule has 0 bridgehead atoms. The first-order valence-corrected chi connectivity index (χ1v) is 7.31. The number of primary amides is 1. The minimum absolute atomic E-state index is 0.241. The summed E-state index contributed by atoms with van der Waals surface area (Å²) in [5.74, 6) is -0.156. The van der Waals surface area contributed by atoms with Crippen LogP contribution in [0.3, 0.4) is 0 Å². The van der Waals surface area contributed by atoms with Gasteiger partial charge in [-0.1, -0.05) is 23.7 Å². The summed E-state index contributed by atoms with van der Waals surface area (Å²) in [6.45, 7) is 1.83. The zero-order valence-corrected chi connectivity index (χ0v) is 12.0. The van der Waals surface area contributed by atoms with E-state index >= 15 is 0 Å².